The summed E-state index contributed by atoms with van der Waals surface area (Å²) in [6.45, 7) is 4.71. The van der Waals surface area contributed by atoms with E-state index in [-0.39, 0.29) is 23.8 Å². The fourth-order valence-corrected chi connectivity index (χ4v) is 5.99. The molecule has 6 nitrogen and oxygen atoms in total. The Labute approximate surface area is 179 Å². The fourth-order valence-electron chi connectivity index (χ4n) is 5.99. The highest BCUT2D eigenvalue weighted by atomic mass is 16.5. The third kappa shape index (κ3) is 3.76. The minimum Gasteiger partial charge on any atom is -0.425 e. The van der Waals surface area contributed by atoms with Gasteiger partial charge in [0.2, 0.25) is 5.91 Å². The number of benzene rings is 1. The van der Waals surface area contributed by atoms with E-state index < -0.39 is 12.0 Å². The maximum absolute atomic E-state index is 12.3. The summed E-state index contributed by atoms with van der Waals surface area (Å²) < 4.78 is 5.60. The molecule has 6 heteroatoms. The second-order valence-electron chi connectivity index (χ2n) is 9.79. The first kappa shape index (κ1) is 21.3. The van der Waals surface area contributed by atoms with Crippen molar-refractivity contribution in [1.82, 2.24) is 10.2 Å². The van der Waals surface area contributed by atoms with Crippen LogP contribution >= 0.6 is 0 Å². The quantitative estimate of drug-likeness (QED) is 0.572. The summed E-state index contributed by atoms with van der Waals surface area (Å²) in [4.78, 5) is 26.9. The fraction of sp³-hybridized carbons (Fsp3) is 0.667. The van der Waals surface area contributed by atoms with Gasteiger partial charge in [0, 0.05) is 11.5 Å². The van der Waals surface area contributed by atoms with Crippen molar-refractivity contribution in [2.45, 2.75) is 69.9 Å². The third-order valence-corrected chi connectivity index (χ3v) is 7.75. The van der Waals surface area contributed by atoms with Crippen molar-refractivity contribution in [3.05, 3.63) is 29.3 Å². The van der Waals surface area contributed by atoms with Crippen molar-refractivity contribution in [3.8, 4) is 5.75 Å². The molecule has 1 unspecified atom stereocenters. The van der Waals surface area contributed by atoms with Crippen LogP contribution < -0.4 is 15.8 Å². The molecule has 2 fully saturated rings. The van der Waals surface area contributed by atoms with E-state index in [1.54, 1.807) is 0 Å². The van der Waals surface area contributed by atoms with Crippen LogP contribution in [-0.4, -0.2) is 49.0 Å². The molecule has 4 rings (SSSR count). The van der Waals surface area contributed by atoms with Crippen LogP contribution in [0.3, 0.4) is 0 Å². The molecule has 0 aromatic heterocycles. The summed E-state index contributed by atoms with van der Waals surface area (Å²) in [7, 11) is 2.27. The number of fused-ring (bicyclic) bond motifs is 1. The number of nitrogens with one attached hydrogen (secondary N) is 1. The average molecular weight is 414 g/mol. The Morgan fingerprint density at radius 3 is 2.87 bits per heavy atom. The van der Waals surface area contributed by atoms with Gasteiger partial charge < -0.3 is 20.7 Å². The summed E-state index contributed by atoms with van der Waals surface area (Å²) in [5.41, 5.74) is 8.85. The van der Waals surface area contributed by atoms with Gasteiger partial charge >= 0.3 is 5.97 Å². The van der Waals surface area contributed by atoms with Gasteiger partial charge in [0.1, 0.15) is 12.3 Å². The van der Waals surface area contributed by atoms with E-state index in [9.17, 15) is 9.59 Å². The number of nitrogens with zero attached hydrogens (tertiary/aromatic N) is 1. The molecule has 4 atom stereocenters. The van der Waals surface area contributed by atoms with E-state index in [0.717, 1.165) is 13.0 Å². The minimum absolute atomic E-state index is 0.0164. The number of piperidine rings is 1. The zero-order chi connectivity index (χ0) is 21.5. The lowest BCUT2D eigenvalue weighted by Crippen LogP contribution is -2.59. The maximum atomic E-state index is 12.3. The zero-order valence-corrected chi connectivity index (χ0v) is 18.4. The van der Waals surface area contributed by atoms with Crippen molar-refractivity contribution in [1.29, 1.82) is 0 Å². The number of amides is 1. The van der Waals surface area contributed by atoms with Gasteiger partial charge in [-0.15, -0.1) is 0 Å². The van der Waals surface area contributed by atoms with Crippen molar-refractivity contribution < 1.29 is 14.3 Å². The van der Waals surface area contributed by atoms with Crippen LogP contribution in [0.5, 0.6) is 5.75 Å². The Hall–Kier alpha value is -1.92. The molecule has 1 amide bonds. The van der Waals surface area contributed by atoms with Crippen molar-refractivity contribution >= 4 is 11.9 Å². The predicted octanol–water partition coefficient (Wildman–Crippen LogP) is 2.38. The molecule has 30 heavy (non-hydrogen) atoms. The number of rotatable bonds is 5. The van der Waals surface area contributed by atoms with Crippen LogP contribution in [0.25, 0.3) is 0 Å². The first-order valence-corrected chi connectivity index (χ1v) is 11.4. The molecule has 0 radical (unpaired) electrons. The predicted molar refractivity (Wildman–Crippen MR) is 116 cm³/mol. The van der Waals surface area contributed by atoms with Crippen LogP contribution in [0, 0.1) is 11.8 Å². The Balaban J connectivity index is 1.49. The lowest BCUT2D eigenvalue weighted by atomic mass is 9.52. The normalized spacial score (nSPS) is 29.0. The first-order valence-electron chi connectivity index (χ1n) is 11.4. The number of nitrogens with two attached hydrogens (primary N) is 1. The van der Waals surface area contributed by atoms with E-state index in [1.165, 1.54) is 43.2 Å². The highest BCUT2D eigenvalue weighted by Crippen LogP contribution is 2.55. The Morgan fingerprint density at radius 2 is 2.10 bits per heavy atom. The molecule has 2 bridgehead atoms. The molecule has 3 N–H and O–H groups in total. The van der Waals surface area contributed by atoms with E-state index in [1.807, 2.05) is 19.9 Å². The molecular weight excluding hydrogens is 378 g/mol. The van der Waals surface area contributed by atoms with Gasteiger partial charge in [0.15, 0.2) is 0 Å². The molecule has 2 aliphatic carbocycles. The summed E-state index contributed by atoms with van der Waals surface area (Å²) in [5.74, 6) is 0.503. The average Bonchev–Trinajstić information content (AvgIpc) is 2.74. The zero-order valence-electron chi connectivity index (χ0n) is 18.4. The van der Waals surface area contributed by atoms with E-state index in [0.29, 0.717) is 17.7 Å². The molecule has 1 aromatic carbocycles. The second-order valence-corrected chi connectivity index (χ2v) is 9.79. The molecule has 0 spiro atoms. The topological polar surface area (TPSA) is 84.7 Å². The van der Waals surface area contributed by atoms with Crippen LogP contribution in [0.1, 0.15) is 57.1 Å². The second kappa shape index (κ2) is 8.31. The molecule has 1 saturated heterocycles. The summed E-state index contributed by atoms with van der Waals surface area (Å²) in [6, 6.07) is 6.15. The van der Waals surface area contributed by atoms with Gasteiger partial charge in [0.05, 0.1) is 6.04 Å². The van der Waals surface area contributed by atoms with Gasteiger partial charge in [-0.05, 0) is 74.4 Å². The third-order valence-electron chi connectivity index (χ3n) is 7.75. The number of carbonyl (C=O) groups excluding carboxylic acids is 2. The van der Waals surface area contributed by atoms with Crippen molar-refractivity contribution in [2.75, 3.05) is 20.1 Å². The molecule has 1 aromatic rings. The largest absolute Gasteiger partial charge is 0.425 e. The smallest absolute Gasteiger partial charge is 0.330 e. The van der Waals surface area contributed by atoms with Crippen LogP contribution in [0.15, 0.2) is 18.2 Å². The number of hydrogen-bond acceptors (Lipinski definition) is 5. The van der Waals surface area contributed by atoms with Gasteiger partial charge in [0.25, 0.3) is 0 Å². The van der Waals surface area contributed by atoms with Crippen molar-refractivity contribution in [2.24, 2.45) is 17.6 Å². The standard InChI is InChI=1S/C24H35N3O3/c1-15(2)22(25)23(29)26-14-21(28)30-17-8-7-16-12-20-18-6-4-5-9-24(18,19(16)13-17)10-11-27(20)3/h7-8,13,15,18,20,22H,4-6,9-12,14,25H2,1-3H3,(H,26,29)/t18-,20+,22?,24+/m0/s1. The molecule has 1 heterocycles. The Bertz CT molecular complexity index is 824. The van der Waals surface area contributed by atoms with E-state index in [4.69, 9.17) is 10.5 Å². The number of carbonyl (C=O) groups is 2. The number of ether oxygens (including phenoxy) is 1. The minimum atomic E-state index is -0.624. The maximum Gasteiger partial charge on any atom is 0.330 e. The van der Waals surface area contributed by atoms with Gasteiger partial charge in [-0.1, -0.05) is 32.8 Å². The molecule has 1 saturated carbocycles. The van der Waals surface area contributed by atoms with E-state index >= 15 is 0 Å². The monoisotopic (exact) mass is 413 g/mol. The highest BCUT2D eigenvalue weighted by molar-refractivity contribution is 5.86. The van der Waals surface area contributed by atoms with Gasteiger partial charge in [-0.3, -0.25) is 4.79 Å². The molecular formula is C24H35N3O3. The Kier molecular flexibility index (Phi) is 5.90. The summed E-state index contributed by atoms with van der Waals surface area (Å²) in [5, 5.41) is 2.59. The Morgan fingerprint density at radius 1 is 1.30 bits per heavy atom. The first-order chi connectivity index (χ1) is 14.3. The van der Waals surface area contributed by atoms with E-state index in [2.05, 4.69) is 29.4 Å². The summed E-state index contributed by atoms with van der Waals surface area (Å²) in [6.07, 6.45) is 7.38. The van der Waals surface area contributed by atoms with Crippen molar-refractivity contribution in [3.63, 3.8) is 0 Å². The van der Waals surface area contributed by atoms with Gasteiger partial charge in [-0.25, -0.2) is 4.79 Å². The van der Waals surface area contributed by atoms with Gasteiger partial charge in [-0.2, -0.15) is 0 Å². The lowest BCUT2D eigenvalue weighted by molar-refractivity contribution is -0.136. The SMILES string of the molecule is CC(C)C(N)C(=O)NCC(=O)Oc1ccc2c(c1)[C@@]13CCCC[C@H]1[C@@H](C2)N(C)CC3. The molecule has 1 aliphatic heterocycles. The number of esters is 1. The van der Waals surface area contributed by atoms with Crippen LogP contribution in [-0.2, 0) is 21.4 Å². The van der Waals surface area contributed by atoms with Crippen LogP contribution in [0.2, 0.25) is 0 Å². The number of hydrogen-bond donors (Lipinski definition) is 2. The molecule has 3 aliphatic rings. The lowest BCUT2D eigenvalue weighted by Gasteiger charge is -2.58. The summed E-state index contributed by atoms with van der Waals surface area (Å²) >= 11 is 0. The molecule has 164 valence electrons. The number of likely N-dealkylation sites (tertiary alicyclic amines) is 1. The highest BCUT2D eigenvalue weighted by Gasteiger charge is 2.53. The number of likely N-dealkylation sites (N-methyl/N-ethyl adjacent to an activating group) is 1. The van der Waals surface area contributed by atoms with Crippen LogP contribution in [0.4, 0.5) is 0 Å².